The van der Waals surface area contributed by atoms with Crippen LogP contribution in [0.5, 0.6) is 0 Å². The first-order valence-corrected chi connectivity index (χ1v) is 12.0. The Morgan fingerprint density at radius 3 is 2.58 bits per heavy atom. The number of fused-ring (bicyclic) bond motifs is 1. The lowest BCUT2D eigenvalue weighted by Gasteiger charge is -2.28. The Labute approximate surface area is 196 Å². The number of nitro groups is 1. The van der Waals surface area contributed by atoms with E-state index < -0.39 is 0 Å². The maximum absolute atomic E-state index is 11.4. The molecule has 0 amide bonds. The molecule has 0 N–H and O–H groups in total. The Balaban J connectivity index is 1.77. The molecule has 0 bridgehead atoms. The number of nitro benzene ring substituents is 1. The van der Waals surface area contributed by atoms with Gasteiger partial charge in [-0.1, -0.05) is 54.6 Å². The number of aryl methyl sites for hydroxylation is 3. The Hall–Kier alpha value is -3.51. The van der Waals surface area contributed by atoms with Crippen LogP contribution >= 0.6 is 11.3 Å². The van der Waals surface area contributed by atoms with E-state index in [0.29, 0.717) is 0 Å². The van der Waals surface area contributed by atoms with Gasteiger partial charge in [-0.2, -0.15) is 0 Å². The zero-order valence-electron chi connectivity index (χ0n) is 18.7. The molecule has 0 spiro atoms. The fourth-order valence-corrected chi connectivity index (χ4v) is 5.72. The number of non-ortho nitro benzene ring substituents is 1. The van der Waals surface area contributed by atoms with E-state index >= 15 is 0 Å². The average Bonchev–Trinajstić information content (AvgIpc) is 3.24. The lowest BCUT2D eigenvalue weighted by Crippen LogP contribution is -2.26. The molecule has 3 aromatic carbocycles. The average molecular weight is 456 g/mol. The predicted molar refractivity (Wildman–Crippen MR) is 133 cm³/mol. The van der Waals surface area contributed by atoms with Crippen molar-refractivity contribution in [2.75, 3.05) is 0 Å². The van der Waals surface area contributed by atoms with E-state index in [1.54, 1.807) is 23.5 Å². The highest BCUT2D eigenvalue weighted by atomic mass is 32.1. The van der Waals surface area contributed by atoms with Crippen molar-refractivity contribution in [3.63, 3.8) is 0 Å². The molecule has 0 saturated carbocycles. The maximum atomic E-state index is 11.4. The minimum Gasteiger partial charge on any atom is -0.309 e. The number of benzene rings is 3. The van der Waals surface area contributed by atoms with Crippen molar-refractivity contribution < 1.29 is 4.92 Å². The molecule has 0 radical (unpaired) electrons. The summed E-state index contributed by atoms with van der Waals surface area (Å²) in [6.45, 7) is 4.17. The van der Waals surface area contributed by atoms with Gasteiger partial charge in [-0.25, -0.2) is 4.99 Å². The zero-order valence-corrected chi connectivity index (χ0v) is 19.5. The first kappa shape index (κ1) is 21.3. The molecule has 1 aromatic heterocycles. The topological polar surface area (TPSA) is 60.4 Å². The summed E-state index contributed by atoms with van der Waals surface area (Å²) < 4.78 is 2.30. The van der Waals surface area contributed by atoms with Gasteiger partial charge in [0, 0.05) is 23.1 Å². The van der Waals surface area contributed by atoms with Crippen LogP contribution in [0.4, 0.5) is 11.4 Å². The van der Waals surface area contributed by atoms with Crippen molar-refractivity contribution in [3.8, 4) is 11.3 Å². The number of aromatic nitrogens is 1. The van der Waals surface area contributed by atoms with Crippen LogP contribution in [0.1, 0.15) is 41.1 Å². The van der Waals surface area contributed by atoms with E-state index in [0.717, 1.165) is 52.1 Å². The second-order valence-corrected chi connectivity index (χ2v) is 9.38. The number of thiazole rings is 1. The molecule has 0 fully saturated rings. The highest BCUT2D eigenvalue weighted by Gasteiger charge is 2.25. The first-order valence-electron chi connectivity index (χ1n) is 11.2. The molecular weight excluding hydrogens is 430 g/mol. The van der Waals surface area contributed by atoms with Crippen molar-refractivity contribution in [3.05, 3.63) is 109 Å². The number of para-hydroxylation sites is 1. The van der Waals surface area contributed by atoms with Gasteiger partial charge >= 0.3 is 0 Å². The molecule has 4 aromatic rings. The first-order chi connectivity index (χ1) is 16.0. The lowest BCUT2D eigenvalue weighted by atomic mass is 9.87. The largest absolute Gasteiger partial charge is 0.309 e. The van der Waals surface area contributed by atoms with Gasteiger partial charge in [0.25, 0.3) is 5.69 Å². The van der Waals surface area contributed by atoms with Crippen molar-refractivity contribution in [2.45, 2.75) is 39.2 Å². The molecule has 1 atom stereocenters. The minimum atomic E-state index is -0.335. The Morgan fingerprint density at radius 2 is 1.79 bits per heavy atom. The molecule has 1 heterocycles. The minimum absolute atomic E-state index is 0.0996. The van der Waals surface area contributed by atoms with Crippen LogP contribution in [0.3, 0.4) is 0 Å². The van der Waals surface area contributed by atoms with Crippen molar-refractivity contribution >= 4 is 22.7 Å². The van der Waals surface area contributed by atoms with Gasteiger partial charge < -0.3 is 4.57 Å². The highest BCUT2D eigenvalue weighted by molar-refractivity contribution is 7.07. The molecule has 1 unspecified atom stereocenters. The molecular formula is C27H25N3O2S. The summed E-state index contributed by atoms with van der Waals surface area (Å²) in [6.07, 6.45) is 3.18. The van der Waals surface area contributed by atoms with Crippen molar-refractivity contribution in [2.24, 2.45) is 4.99 Å². The Bertz CT molecular complexity index is 1400. The van der Waals surface area contributed by atoms with Crippen LogP contribution < -0.4 is 4.80 Å². The number of hydrogen-bond donors (Lipinski definition) is 0. The van der Waals surface area contributed by atoms with E-state index in [1.807, 2.05) is 6.07 Å². The molecule has 0 aliphatic heterocycles. The van der Waals surface area contributed by atoms with Gasteiger partial charge in [-0.15, -0.1) is 11.3 Å². The van der Waals surface area contributed by atoms with Gasteiger partial charge in [-0.3, -0.25) is 10.1 Å². The van der Waals surface area contributed by atoms with Gasteiger partial charge in [0.1, 0.15) is 0 Å². The maximum Gasteiger partial charge on any atom is 0.270 e. The predicted octanol–water partition coefficient (Wildman–Crippen LogP) is 6.90. The van der Waals surface area contributed by atoms with Crippen LogP contribution in [0.25, 0.3) is 11.3 Å². The summed E-state index contributed by atoms with van der Waals surface area (Å²) in [5, 5.41) is 13.5. The second-order valence-electron chi connectivity index (χ2n) is 8.54. The van der Waals surface area contributed by atoms with Gasteiger partial charge in [-0.05, 0) is 55.4 Å². The van der Waals surface area contributed by atoms with E-state index in [1.165, 1.54) is 17.2 Å². The van der Waals surface area contributed by atoms with E-state index in [4.69, 9.17) is 4.99 Å². The van der Waals surface area contributed by atoms with Gasteiger partial charge in [0.2, 0.25) is 0 Å². The molecule has 0 saturated heterocycles. The summed E-state index contributed by atoms with van der Waals surface area (Å²) in [4.78, 5) is 17.2. The number of hydrogen-bond acceptors (Lipinski definition) is 4. The Morgan fingerprint density at radius 1 is 1.03 bits per heavy atom. The fraction of sp³-hybridized carbons (Fsp3) is 0.222. The molecule has 1 aliphatic rings. The molecule has 1 aliphatic carbocycles. The van der Waals surface area contributed by atoms with E-state index in [9.17, 15) is 10.1 Å². The van der Waals surface area contributed by atoms with Gasteiger partial charge in [0.05, 0.1) is 22.3 Å². The summed E-state index contributed by atoms with van der Waals surface area (Å²) in [6, 6.07) is 21.9. The van der Waals surface area contributed by atoms with E-state index in [-0.39, 0.29) is 16.7 Å². The molecule has 166 valence electrons. The molecule has 5 rings (SSSR count). The monoisotopic (exact) mass is 455 g/mol. The van der Waals surface area contributed by atoms with Crippen LogP contribution in [-0.4, -0.2) is 9.49 Å². The fourth-order valence-electron chi connectivity index (χ4n) is 4.77. The summed E-state index contributed by atoms with van der Waals surface area (Å²) in [5.74, 6) is 0. The smallest absolute Gasteiger partial charge is 0.270 e. The Kier molecular flexibility index (Phi) is 5.68. The molecule has 6 heteroatoms. The van der Waals surface area contributed by atoms with Crippen molar-refractivity contribution in [1.29, 1.82) is 0 Å². The molecule has 5 nitrogen and oxygen atoms in total. The van der Waals surface area contributed by atoms with Crippen molar-refractivity contribution in [1.82, 2.24) is 4.57 Å². The standard InChI is InChI=1S/C27H25N3O2S/c1-18-8-5-9-19(2)26(18)28-27-29(24-15-7-11-20-10-3-4-14-23(20)24)25(17-33-27)21-12-6-13-22(16-21)30(31)32/h3-6,8-10,12-14,16-17,24H,7,11,15H2,1-2H3. The zero-order chi connectivity index (χ0) is 22.9. The third-order valence-corrected chi connectivity index (χ3v) is 7.23. The van der Waals surface area contributed by atoms with Crippen LogP contribution in [-0.2, 0) is 6.42 Å². The third-order valence-electron chi connectivity index (χ3n) is 6.39. The number of rotatable bonds is 4. The quantitative estimate of drug-likeness (QED) is 0.248. The normalized spacial score (nSPS) is 15.9. The molecule has 33 heavy (non-hydrogen) atoms. The van der Waals surface area contributed by atoms with E-state index in [2.05, 4.69) is 66.3 Å². The van der Waals surface area contributed by atoms with Crippen LogP contribution in [0.2, 0.25) is 0 Å². The lowest BCUT2D eigenvalue weighted by molar-refractivity contribution is -0.384. The summed E-state index contributed by atoms with van der Waals surface area (Å²) in [7, 11) is 0. The SMILES string of the molecule is Cc1cccc(C)c1N=c1scc(-c2cccc([N+](=O)[O-])c2)n1C1CCCc2ccccc21. The third kappa shape index (κ3) is 4.02. The van der Waals surface area contributed by atoms with Gasteiger partial charge in [0.15, 0.2) is 4.80 Å². The summed E-state index contributed by atoms with van der Waals surface area (Å²) >= 11 is 1.59. The van der Waals surface area contributed by atoms with Crippen LogP contribution in [0, 0.1) is 24.0 Å². The highest BCUT2D eigenvalue weighted by Crippen LogP contribution is 2.36. The van der Waals surface area contributed by atoms with Crippen LogP contribution in [0.15, 0.2) is 77.1 Å². The number of nitrogens with zero attached hydrogens (tertiary/aromatic N) is 3. The summed E-state index contributed by atoms with van der Waals surface area (Å²) in [5.41, 5.74) is 7.85. The second kappa shape index (κ2) is 8.79.